The second-order valence-corrected chi connectivity index (χ2v) is 7.16. The molecule has 2 heterocycles. The fourth-order valence-corrected chi connectivity index (χ4v) is 3.56. The normalized spacial score (nSPS) is 14.2. The van der Waals surface area contributed by atoms with Gasteiger partial charge in [-0.2, -0.15) is 5.10 Å². The first kappa shape index (κ1) is 18.9. The molecule has 1 aliphatic rings. The SMILES string of the molecule is CC(=O)N1CCN(C(=O)Cn2nc(-c3ccc4ccccc4c3)ccc2=O)CC1. The van der Waals surface area contributed by atoms with Crippen LogP contribution in [0.4, 0.5) is 0 Å². The van der Waals surface area contributed by atoms with Crippen LogP contribution in [0, 0.1) is 0 Å². The van der Waals surface area contributed by atoms with Crippen molar-refractivity contribution in [2.45, 2.75) is 13.5 Å². The van der Waals surface area contributed by atoms with Crippen molar-refractivity contribution < 1.29 is 9.59 Å². The van der Waals surface area contributed by atoms with Gasteiger partial charge in [0.1, 0.15) is 6.54 Å². The van der Waals surface area contributed by atoms with Crippen LogP contribution in [0.15, 0.2) is 59.4 Å². The number of aromatic nitrogens is 2. The number of rotatable bonds is 3. The molecule has 0 saturated carbocycles. The molecule has 0 unspecified atom stereocenters. The van der Waals surface area contributed by atoms with Crippen molar-refractivity contribution in [3.05, 3.63) is 65.0 Å². The van der Waals surface area contributed by atoms with Crippen molar-refractivity contribution in [3.8, 4) is 11.3 Å². The lowest BCUT2D eigenvalue weighted by molar-refractivity contribution is -0.139. The van der Waals surface area contributed by atoms with Gasteiger partial charge in [0.2, 0.25) is 11.8 Å². The Balaban J connectivity index is 1.53. The van der Waals surface area contributed by atoms with Gasteiger partial charge in [-0.15, -0.1) is 0 Å². The molecule has 3 aromatic rings. The zero-order chi connectivity index (χ0) is 20.4. The Morgan fingerprint density at radius 3 is 2.31 bits per heavy atom. The number of hydrogen-bond donors (Lipinski definition) is 0. The first-order valence-corrected chi connectivity index (χ1v) is 9.62. The average Bonchev–Trinajstić information content (AvgIpc) is 2.75. The Kier molecular flexibility index (Phi) is 5.12. The number of carbonyl (C=O) groups excluding carboxylic acids is 2. The van der Waals surface area contributed by atoms with Crippen LogP contribution < -0.4 is 5.56 Å². The fourth-order valence-electron chi connectivity index (χ4n) is 3.56. The molecule has 1 fully saturated rings. The van der Waals surface area contributed by atoms with Crippen LogP contribution in [-0.2, 0) is 16.1 Å². The van der Waals surface area contributed by atoms with E-state index in [2.05, 4.69) is 5.10 Å². The van der Waals surface area contributed by atoms with E-state index in [1.54, 1.807) is 15.9 Å². The number of fused-ring (bicyclic) bond motifs is 1. The van der Waals surface area contributed by atoms with E-state index in [9.17, 15) is 14.4 Å². The zero-order valence-corrected chi connectivity index (χ0v) is 16.2. The van der Waals surface area contributed by atoms with Crippen LogP contribution in [0.5, 0.6) is 0 Å². The highest BCUT2D eigenvalue weighted by molar-refractivity contribution is 5.86. The number of benzene rings is 2. The molecule has 0 radical (unpaired) electrons. The Hall–Kier alpha value is -3.48. The van der Waals surface area contributed by atoms with E-state index in [1.165, 1.54) is 17.7 Å². The monoisotopic (exact) mass is 390 g/mol. The van der Waals surface area contributed by atoms with E-state index in [4.69, 9.17) is 0 Å². The lowest BCUT2D eigenvalue weighted by Gasteiger charge is -2.34. The van der Waals surface area contributed by atoms with Gasteiger partial charge in [0.15, 0.2) is 0 Å². The van der Waals surface area contributed by atoms with E-state index in [-0.39, 0.29) is 23.9 Å². The summed E-state index contributed by atoms with van der Waals surface area (Å²) in [6.45, 7) is 3.38. The third-order valence-electron chi connectivity index (χ3n) is 5.27. The van der Waals surface area contributed by atoms with Crippen molar-refractivity contribution in [3.63, 3.8) is 0 Å². The highest BCUT2D eigenvalue weighted by Gasteiger charge is 2.23. The van der Waals surface area contributed by atoms with Crippen molar-refractivity contribution in [1.82, 2.24) is 19.6 Å². The number of amides is 2. The molecule has 148 valence electrons. The van der Waals surface area contributed by atoms with Gasteiger partial charge in [0, 0.05) is 44.7 Å². The summed E-state index contributed by atoms with van der Waals surface area (Å²) in [5.41, 5.74) is 1.22. The second-order valence-electron chi connectivity index (χ2n) is 7.16. The van der Waals surface area contributed by atoms with Gasteiger partial charge in [0.25, 0.3) is 5.56 Å². The largest absolute Gasteiger partial charge is 0.339 e. The quantitative estimate of drug-likeness (QED) is 0.683. The van der Waals surface area contributed by atoms with Crippen LogP contribution in [0.2, 0.25) is 0 Å². The summed E-state index contributed by atoms with van der Waals surface area (Å²) in [7, 11) is 0. The lowest BCUT2D eigenvalue weighted by Crippen LogP contribution is -2.51. The maximum absolute atomic E-state index is 12.6. The molecule has 7 nitrogen and oxygen atoms in total. The van der Waals surface area contributed by atoms with Crippen LogP contribution in [-0.4, -0.2) is 57.6 Å². The van der Waals surface area contributed by atoms with Crippen molar-refractivity contribution in [2.24, 2.45) is 0 Å². The molecule has 0 bridgehead atoms. The molecule has 0 atom stereocenters. The van der Waals surface area contributed by atoms with Crippen molar-refractivity contribution in [1.29, 1.82) is 0 Å². The van der Waals surface area contributed by atoms with E-state index in [0.717, 1.165) is 16.3 Å². The van der Waals surface area contributed by atoms with E-state index in [1.807, 2.05) is 42.5 Å². The number of nitrogens with zero attached hydrogens (tertiary/aromatic N) is 4. The Labute approximate surface area is 168 Å². The first-order chi connectivity index (χ1) is 14.0. The molecule has 2 amide bonds. The van der Waals surface area contributed by atoms with Gasteiger partial charge in [-0.1, -0.05) is 36.4 Å². The van der Waals surface area contributed by atoms with Gasteiger partial charge in [-0.05, 0) is 22.9 Å². The first-order valence-electron chi connectivity index (χ1n) is 9.62. The summed E-state index contributed by atoms with van der Waals surface area (Å²) in [6.07, 6.45) is 0. The molecule has 1 aromatic heterocycles. The molecule has 0 spiro atoms. The van der Waals surface area contributed by atoms with E-state index in [0.29, 0.717) is 31.9 Å². The predicted molar refractivity (Wildman–Crippen MR) is 110 cm³/mol. The summed E-state index contributed by atoms with van der Waals surface area (Å²) in [6, 6.07) is 17.2. The smallest absolute Gasteiger partial charge is 0.267 e. The minimum atomic E-state index is -0.315. The number of piperazine rings is 1. The minimum absolute atomic E-state index is 0.0121. The molecule has 29 heavy (non-hydrogen) atoms. The lowest BCUT2D eigenvalue weighted by atomic mass is 10.1. The summed E-state index contributed by atoms with van der Waals surface area (Å²) < 4.78 is 1.21. The summed E-state index contributed by atoms with van der Waals surface area (Å²) in [5, 5.41) is 6.64. The maximum Gasteiger partial charge on any atom is 0.267 e. The minimum Gasteiger partial charge on any atom is -0.339 e. The third kappa shape index (κ3) is 4.03. The molecular formula is C22H22N4O3. The number of carbonyl (C=O) groups is 2. The van der Waals surface area contributed by atoms with Crippen LogP contribution in [0.25, 0.3) is 22.0 Å². The molecule has 1 saturated heterocycles. The van der Waals surface area contributed by atoms with E-state index >= 15 is 0 Å². The van der Waals surface area contributed by atoms with Crippen molar-refractivity contribution >= 4 is 22.6 Å². The van der Waals surface area contributed by atoms with Gasteiger partial charge >= 0.3 is 0 Å². The molecule has 7 heteroatoms. The Morgan fingerprint density at radius 2 is 1.59 bits per heavy atom. The Bertz CT molecular complexity index is 1130. The van der Waals surface area contributed by atoms with Gasteiger partial charge in [-0.25, -0.2) is 4.68 Å². The predicted octanol–water partition coefficient (Wildman–Crippen LogP) is 1.75. The van der Waals surface area contributed by atoms with E-state index < -0.39 is 0 Å². The molecule has 2 aromatic carbocycles. The molecule has 1 aliphatic heterocycles. The standard InChI is InChI=1S/C22H22N4O3/c1-16(27)24-10-12-25(13-11-24)22(29)15-26-21(28)9-8-20(23-26)19-7-6-17-4-2-3-5-18(17)14-19/h2-9,14H,10-13,15H2,1H3. The maximum atomic E-state index is 12.6. The van der Waals surface area contributed by atoms with Crippen molar-refractivity contribution in [2.75, 3.05) is 26.2 Å². The molecule has 0 aliphatic carbocycles. The fraction of sp³-hybridized carbons (Fsp3) is 0.273. The second kappa shape index (κ2) is 7.87. The van der Waals surface area contributed by atoms with Crippen LogP contribution >= 0.6 is 0 Å². The summed E-state index contributed by atoms with van der Waals surface area (Å²) in [5.74, 6) is -0.156. The zero-order valence-electron chi connectivity index (χ0n) is 16.2. The molecule has 0 N–H and O–H groups in total. The van der Waals surface area contributed by atoms with Crippen LogP contribution in [0.1, 0.15) is 6.92 Å². The highest BCUT2D eigenvalue weighted by Crippen LogP contribution is 2.22. The molecule has 4 rings (SSSR count). The average molecular weight is 390 g/mol. The topological polar surface area (TPSA) is 75.5 Å². The van der Waals surface area contributed by atoms with Gasteiger partial charge in [0.05, 0.1) is 5.69 Å². The summed E-state index contributed by atoms with van der Waals surface area (Å²) >= 11 is 0. The summed E-state index contributed by atoms with van der Waals surface area (Å²) in [4.78, 5) is 39.7. The highest BCUT2D eigenvalue weighted by atomic mass is 16.2. The molecular weight excluding hydrogens is 368 g/mol. The third-order valence-corrected chi connectivity index (χ3v) is 5.27. The number of hydrogen-bond acceptors (Lipinski definition) is 4. The Morgan fingerprint density at radius 1 is 0.897 bits per heavy atom. The van der Waals surface area contributed by atoms with Crippen LogP contribution in [0.3, 0.4) is 0 Å². The van der Waals surface area contributed by atoms with Gasteiger partial charge in [-0.3, -0.25) is 14.4 Å². The van der Waals surface area contributed by atoms with Gasteiger partial charge < -0.3 is 9.80 Å².